The zero-order chi connectivity index (χ0) is 15.9. The third-order valence-electron chi connectivity index (χ3n) is 3.57. The van der Waals surface area contributed by atoms with Gasteiger partial charge in [-0.25, -0.2) is 0 Å². The van der Waals surface area contributed by atoms with E-state index < -0.39 is 0 Å². The highest BCUT2D eigenvalue weighted by Gasteiger charge is 2.09. The van der Waals surface area contributed by atoms with Gasteiger partial charge >= 0.3 is 0 Å². The fourth-order valence-corrected chi connectivity index (χ4v) is 2.10. The number of benzene rings is 2. The van der Waals surface area contributed by atoms with Gasteiger partial charge in [-0.3, -0.25) is 4.79 Å². The fourth-order valence-electron chi connectivity index (χ4n) is 2.10. The van der Waals surface area contributed by atoms with E-state index in [9.17, 15) is 4.79 Å². The van der Waals surface area contributed by atoms with E-state index in [-0.39, 0.29) is 5.91 Å². The lowest BCUT2D eigenvalue weighted by molar-refractivity contribution is 0.0946. The molecule has 2 rings (SSSR count). The molecule has 2 aromatic rings. The Morgan fingerprint density at radius 3 is 2.41 bits per heavy atom. The van der Waals surface area contributed by atoms with Crippen LogP contribution >= 0.6 is 0 Å². The Hall–Kier alpha value is -2.49. The Kier molecular flexibility index (Phi) is 5.42. The lowest BCUT2D eigenvalue weighted by atomic mass is 10.0. The monoisotopic (exact) mass is 299 g/mol. The highest BCUT2D eigenvalue weighted by atomic mass is 16.5. The van der Waals surface area contributed by atoms with E-state index in [2.05, 4.69) is 5.32 Å². The highest BCUT2D eigenvalue weighted by molar-refractivity contribution is 5.95. The number of nitrogens with one attached hydrogen (secondary N) is 1. The maximum atomic E-state index is 12.1. The number of amides is 1. The van der Waals surface area contributed by atoms with Crippen LogP contribution in [0.15, 0.2) is 42.5 Å². The molecule has 0 aliphatic carbocycles. The lowest BCUT2D eigenvalue weighted by Gasteiger charge is -2.10. The summed E-state index contributed by atoms with van der Waals surface area (Å²) in [6.07, 6.45) is 0. The molecule has 1 N–H and O–H groups in total. The van der Waals surface area contributed by atoms with Crippen molar-refractivity contribution in [1.82, 2.24) is 5.32 Å². The van der Waals surface area contributed by atoms with Crippen LogP contribution < -0.4 is 14.8 Å². The minimum atomic E-state index is -0.0699. The minimum absolute atomic E-state index is 0.0699. The predicted molar refractivity (Wildman–Crippen MR) is 86.7 cm³/mol. The topological polar surface area (TPSA) is 47.6 Å². The summed E-state index contributed by atoms with van der Waals surface area (Å²) < 4.78 is 10.7. The zero-order valence-corrected chi connectivity index (χ0v) is 13.2. The summed E-state index contributed by atoms with van der Waals surface area (Å²) in [5.41, 5.74) is 2.84. The summed E-state index contributed by atoms with van der Waals surface area (Å²) in [6.45, 7) is 4.83. The zero-order valence-electron chi connectivity index (χ0n) is 13.2. The Balaban J connectivity index is 1.80. The molecule has 0 aromatic heterocycles. The lowest BCUT2D eigenvalue weighted by Crippen LogP contribution is -2.28. The largest absolute Gasteiger partial charge is 0.497 e. The number of ether oxygens (including phenoxy) is 2. The summed E-state index contributed by atoms with van der Waals surface area (Å²) in [7, 11) is 1.62. The Morgan fingerprint density at radius 1 is 1.05 bits per heavy atom. The Labute approximate surface area is 131 Å². The van der Waals surface area contributed by atoms with Crippen LogP contribution in [-0.2, 0) is 0 Å². The van der Waals surface area contributed by atoms with E-state index in [4.69, 9.17) is 9.47 Å². The molecule has 4 nitrogen and oxygen atoms in total. The van der Waals surface area contributed by atoms with Gasteiger partial charge in [0.2, 0.25) is 0 Å². The summed E-state index contributed by atoms with van der Waals surface area (Å²) in [4.78, 5) is 12.1. The van der Waals surface area contributed by atoms with Gasteiger partial charge in [-0.1, -0.05) is 12.1 Å². The summed E-state index contributed by atoms with van der Waals surface area (Å²) >= 11 is 0. The van der Waals surface area contributed by atoms with Crippen LogP contribution in [0, 0.1) is 13.8 Å². The van der Waals surface area contributed by atoms with E-state index in [0.29, 0.717) is 18.7 Å². The third-order valence-corrected chi connectivity index (χ3v) is 3.57. The van der Waals surface area contributed by atoms with Crippen molar-refractivity contribution >= 4 is 5.91 Å². The van der Waals surface area contributed by atoms with Crippen LogP contribution in [0.5, 0.6) is 11.5 Å². The second kappa shape index (κ2) is 7.50. The molecule has 0 heterocycles. The van der Waals surface area contributed by atoms with Crippen LogP contribution in [0.1, 0.15) is 21.5 Å². The summed E-state index contributed by atoms with van der Waals surface area (Å²) in [5, 5.41) is 2.87. The van der Waals surface area contributed by atoms with Gasteiger partial charge in [0.15, 0.2) is 0 Å². The first-order valence-corrected chi connectivity index (χ1v) is 7.23. The number of hydrogen-bond acceptors (Lipinski definition) is 3. The molecule has 4 heteroatoms. The van der Waals surface area contributed by atoms with Crippen molar-refractivity contribution in [3.63, 3.8) is 0 Å². The molecule has 1 amide bonds. The molecule has 0 bridgehead atoms. The average Bonchev–Trinajstić information content (AvgIpc) is 2.54. The number of aryl methyl sites for hydroxylation is 1. The SMILES string of the molecule is COc1ccc(OCCNC(=O)c2cccc(C)c2C)cc1. The highest BCUT2D eigenvalue weighted by Crippen LogP contribution is 2.16. The van der Waals surface area contributed by atoms with E-state index in [1.807, 2.05) is 56.3 Å². The van der Waals surface area contributed by atoms with Crippen molar-refractivity contribution in [2.24, 2.45) is 0 Å². The molecule has 116 valence electrons. The number of rotatable bonds is 6. The molecule has 0 radical (unpaired) electrons. The maximum absolute atomic E-state index is 12.1. The average molecular weight is 299 g/mol. The Bertz CT molecular complexity index is 635. The first-order chi connectivity index (χ1) is 10.6. The molecule has 22 heavy (non-hydrogen) atoms. The van der Waals surface area contributed by atoms with Crippen LogP contribution in [-0.4, -0.2) is 26.2 Å². The molecule has 0 aliphatic rings. The van der Waals surface area contributed by atoms with Crippen molar-refractivity contribution in [2.75, 3.05) is 20.3 Å². The molecule has 0 saturated heterocycles. The fraction of sp³-hybridized carbons (Fsp3) is 0.278. The third kappa shape index (κ3) is 4.01. The molecule has 0 unspecified atom stereocenters. The standard InChI is InChI=1S/C18H21NO3/c1-13-5-4-6-17(14(13)2)18(20)19-11-12-22-16-9-7-15(21-3)8-10-16/h4-10H,11-12H2,1-3H3,(H,19,20). The van der Waals surface area contributed by atoms with Crippen molar-refractivity contribution < 1.29 is 14.3 Å². The van der Waals surface area contributed by atoms with Gasteiger partial charge in [0, 0.05) is 5.56 Å². The summed E-state index contributed by atoms with van der Waals surface area (Å²) in [6, 6.07) is 13.1. The van der Waals surface area contributed by atoms with Gasteiger partial charge in [-0.2, -0.15) is 0 Å². The summed E-state index contributed by atoms with van der Waals surface area (Å²) in [5.74, 6) is 1.47. The van der Waals surface area contributed by atoms with Crippen LogP contribution in [0.3, 0.4) is 0 Å². The first-order valence-electron chi connectivity index (χ1n) is 7.23. The number of carbonyl (C=O) groups is 1. The van der Waals surface area contributed by atoms with Crippen LogP contribution in [0.2, 0.25) is 0 Å². The number of hydrogen-bond donors (Lipinski definition) is 1. The van der Waals surface area contributed by atoms with Gasteiger partial charge < -0.3 is 14.8 Å². The molecule has 0 fully saturated rings. The van der Waals surface area contributed by atoms with Crippen molar-refractivity contribution in [2.45, 2.75) is 13.8 Å². The predicted octanol–water partition coefficient (Wildman–Crippen LogP) is 3.12. The smallest absolute Gasteiger partial charge is 0.251 e. The molecule has 0 aliphatic heterocycles. The Morgan fingerprint density at radius 2 is 1.73 bits per heavy atom. The van der Waals surface area contributed by atoms with Gasteiger partial charge in [0.05, 0.1) is 13.7 Å². The van der Waals surface area contributed by atoms with Crippen LogP contribution in [0.4, 0.5) is 0 Å². The van der Waals surface area contributed by atoms with E-state index >= 15 is 0 Å². The number of carbonyl (C=O) groups excluding carboxylic acids is 1. The van der Waals surface area contributed by atoms with Crippen LogP contribution in [0.25, 0.3) is 0 Å². The first kappa shape index (κ1) is 15.9. The van der Waals surface area contributed by atoms with Gasteiger partial charge in [0.25, 0.3) is 5.91 Å². The molecule has 0 spiro atoms. The van der Waals surface area contributed by atoms with E-state index in [1.54, 1.807) is 7.11 Å². The molecule has 0 atom stereocenters. The second-order valence-electron chi connectivity index (χ2n) is 5.03. The van der Waals surface area contributed by atoms with E-state index in [0.717, 1.165) is 22.6 Å². The van der Waals surface area contributed by atoms with E-state index in [1.165, 1.54) is 0 Å². The molecular formula is C18H21NO3. The van der Waals surface area contributed by atoms with Gasteiger partial charge in [0.1, 0.15) is 18.1 Å². The molecule has 0 saturated carbocycles. The molecular weight excluding hydrogens is 278 g/mol. The number of methoxy groups -OCH3 is 1. The van der Waals surface area contributed by atoms with Crippen molar-refractivity contribution in [1.29, 1.82) is 0 Å². The molecule has 2 aromatic carbocycles. The van der Waals surface area contributed by atoms with Crippen molar-refractivity contribution in [3.8, 4) is 11.5 Å². The maximum Gasteiger partial charge on any atom is 0.251 e. The second-order valence-corrected chi connectivity index (χ2v) is 5.03. The van der Waals surface area contributed by atoms with Crippen molar-refractivity contribution in [3.05, 3.63) is 59.2 Å². The normalized spacial score (nSPS) is 10.1. The van der Waals surface area contributed by atoms with Gasteiger partial charge in [-0.05, 0) is 55.3 Å². The van der Waals surface area contributed by atoms with Gasteiger partial charge in [-0.15, -0.1) is 0 Å². The quantitative estimate of drug-likeness (QED) is 0.834. The minimum Gasteiger partial charge on any atom is -0.497 e.